The number of amides is 1. The van der Waals surface area contributed by atoms with E-state index in [4.69, 9.17) is 4.42 Å². The molecule has 0 spiro atoms. The van der Waals surface area contributed by atoms with Gasteiger partial charge in [0.2, 0.25) is 5.91 Å². The van der Waals surface area contributed by atoms with Gasteiger partial charge >= 0.3 is 0 Å². The molecule has 1 aromatic rings. The van der Waals surface area contributed by atoms with E-state index in [9.17, 15) is 4.79 Å². The first-order valence-corrected chi connectivity index (χ1v) is 5.07. The van der Waals surface area contributed by atoms with Gasteiger partial charge in [-0.2, -0.15) is 0 Å². The van der Waals surface area contributed by atoms with E-state index >= 15 is 0 Å². The molecule has 2 heterocycles. The van der Waals surface area contributed by atoms with Gasteiger partial charge in [0.05, 0.1) is 6.26 Å². The third kappa shape index (κ3) is 2.70. The minimum absolute atomic E-state index is 0.0490. The molecule has 1 aromatic heterocycles. The van der Waals surface area contributed by atoms with Crippen LogP contribution in [0.25, 0.3) is 6.08 Å². The average Bonchev–Trinajstić information content (AvgIpc) is 2.80. The van der Waals surface area contributed by atoms with Gasteiger partial charge in [-0.3, -0.25) is 4.79 Å². The number of nitrogens with zero attached hydrogens (tertiary/aromatic N) is 1. The molecule has 0 aromatic carbocycles. The molecular weight excluding hydrogens is 192 g/mol. The van der Waals surface area contributed by atoms with Crippen molar-refractivity contribution in [1.82, 2.24) is 10.2 Å². The number of carbonyl (C=O) groups is 1. The van der Waals surface area contributed by atoms with Crippen LogP contribution in [0.4, 0.5) is 0 Å². The molecule has 0 bridgehead atoms. The van der Waals surface area contributed by atoms with Crippen LogP contribution in [0.1, 0.15) is 5.76 Å². The summed E-state index contributed by atoms with van der Waals surface area (Å²) in [5.74, 6) is 0.756. The van der Waals surface area contributed by atoms with Gasteiger partial charge in [-0.15, -0.1) is 0 Å². The van der Waals surface area contributed by atoms with E-state index in [2.05, 4.69) is 5.32 Å². The number of furan rings is 1. The molecule has 0 unspecified atom stereocenters. The Morgan fingerprint density at radius 2 is 2.27 bits per heavy atom. The maximum Gasteiger partial charge on any atom is 0.246 e. The topological polar surface area (TPSA) is 45.5 Å². The maximum atomic E-state index is 11.7. The molecule has 4 nitrogen and oxygen atoms in total. The highest BCUT2D eigenvalue weighted by molar-refractivity contribution is 5.91. The molecular formula is C11H14N2O2. The fraction of sp³-hybridized carbons (Fsp3) is 0.364. The van der Waals surface area contributed by atoms with Gasteiger partial charge in [0.25, 0.3) is 0 Å². The van der Waals surface area contributed by atoms with Crippen molar-refractivity contribution < 1.29 is 9.21 Å². The van der Waals surface area contributed by atoms with Crippen LogP contribution in [-0.4, -0.2) is 37.0 Å². The molecule has 1 amide bonds. The lowest BCUT2D eigenvalue weighted by molar-refractivity contribution is -0.126. The number of rotatable bonds is 2. The van der Waals surface area contributed by atoms with E-state index in [0.29, 0.717) is 5.76 Å². The normalized spacial score (nSPS) is 17.2. The summed E-state index contributed by atoms with van der Waals surface area (Å²) in [7, 11) is 0. The lowest BCUT2D eigenvalue weighted by Gasteiger charge is -2.26. The summed E-state index contributed by atoms with van der Waals surface area (Å²) < 4.78 is 5.10. The molecule has 1 aliphatic heterocycles. The zero-order valence-corrected chi connectivity index (χ0v) is 8.48. The van der Waals surface area contributed by atoms with Crippen LogP contribution in [0.5, 0.6) is 0 Å². The van der Waals surface area contributed by atoms with Crippen molar-refractivity contribution in [3.63, 3.8) is 0 Å². The Labute approximate surface area is 88.6 Å². The first kappa shape index (κ1) is 9.98. The van der Waals surface area contributed by atoms with Gasteiger partial charge in [0.1, 0.15) is 5.76 Å². The smallest absolute Gasteiger partial charge is 0.246 e. The summed E-state index contributed by atoms with van der Waals surface area (Å²) in [4.78, 5) is 13.5. The first-order valence-electron chi connectivity index (χ1n) is 5.07. The molecule has 1 fully saturated rings. The summed E-state index contributed by atoms with van der Waals surface area (Å²) in [6, 6.07) is 3.62. The summed E-state index contributed by atoms with van der Waals surface area (Å²) in [6.45, 7) is 3.31. The van der Waals surface area contributed by atoms with Gasteiger partial charge in [-0.1, -0.05) is 0 Å². The highest BCUT2D eigenvalue weighted by Gasteiger charge is 2.12. The molecule has 80 valence electrons. The minimum Gasteiger partial charge on any atom is -0.465 e. The Kier molecular flexibility index (Phi) is 3.19. The summed E-state index contributed by atoms with van der Waals surface area (Å²) in [6.07, 6.45) is 4.85. The second kappa shape index (κ2) is 4.79. The minimum atomic E-state index is 0.0490. The molecule has 1 aliphatic rings. The standard InChI is InChI=1S/C11H14N2O2/c14-11(13-7-5-12-6-8-13)4-3-10-2-1-9-15-10/h1-4,9,12H,5-8H2. The lowest BCUT2D eigenvalue weighted by atomic mass is 10.3. The Bertz CT molecular complexity index is 337. The van der Waals surface area contributed by atoms with Crippen molar-refractivity contribution in [3.05, 3.63) is 30.2 Å². The number of carbonyl (C=O) groups excluding carboxylic acids is 1. The van der Waals surface area contributed by atoms with Crippen molar-refractivity contribution in [2.45, 2.75) is 0 Å². The molecule has 0 radical (unpaired) electrons. The lowest BCUT2D eigenvalue weighted by Crippen LogP contribution is -2.45. The highest BCUT2D eigenvalue weighted by Crippen LogP contribution is 2.03. The van der Waals surface area contributed by atoms with Gasteiger partial charge in [0.15, 0.2) is 0 Å². The summed E-state index contributed by atoms with van der Waals surface area (Å²) in [5.41, 5.74) is 0. The van der Waals surface area contributed by atoms with E-state index in [0.717, 1.165) is 26.2 Å². The molecule has 0 aliphatic carbocycles. The fourth-order valence-electron chi connectivity index (χ4n) is 1.53. The maximum absolute atomic E-state index is 11.7. The zero-order chi connectivity index (χ0) is 10.5. The second-order valence-corrected chi connectivity index (χ2v) is 3.42. The quantitative estimate of drug-likeness (QED) is 0.725. The average molecular weight is 206 g/mol. The summed E-state index contributed by atoms with van der Waals surface area (Å²) >= 11 is 0. The molecule has 1 N–H and O–H groups in total. The third-order valence-corrected chi connectivity index (χ3v) is 2.36. The predicted molar refractivity (Wildman–Crippen MR) is 57.2 cm³/mol. The summed E-state index contributed by atoms with van der Waals surface area (Å²) in [5, 5.41) is 3.20. The van der Waals surface area contributed by atoms with Crippen molar-refractivity contribution in [2.24, 2.45) is 0 Å². The molecule has 1 saturated heterocycles. The van der Waals surface area contributed by atoms with Gasteiger partial charge in [-0.25, -0.2) is 0 Å². The number of piperazine rings is 1. The first-order chi connectivity index (χ1) is 7.36. The van der Waals surface area contributed by atoms with Crippen LogP contribution in [0.15, 0.2) is 28.9 Å². The van der Waals surface area contributed by atoms with Crippen molar-refractivity contribution in [1.29, 1.82) is 0 Å². The van der Waals surface area contributed by atoms with Crippen LogP contribution in [-0.2, 0) is 4.79 Å². The van der Waals surface area contributed by atoms with Crippen LogP contribution in [0.3, 0.4) is 0 Å². The third-order valence-electron chi connectivity index (χ3n) is 2.36. The number of hydrogen-bond donors (Lipinski definition) is 1. The highest BCUT2D eigenvalue weighted by atomic mass is 16.3. The molecule has 0 atom stereocenters. The zero-order valence-electron chi connectivity index (χ0n) is 8.48. The van der Waals surface area contributed by atoms with Crippen molar-refractivity contribution >= 4 is 12.0 Å². The molecule has 0 saturated carbocycles. The monoisotopic (exact) mass is 206 g/mol. The van der Waals surface area contributed by atoms with Crippen LogP contribution < -0.4 is 5.32 Å². The van der Waals surface area contributed by atoms with Crippen molar-refractivity contribution in [3.8, 4) is 0 Å². The molecule has 2 rings (SSSR count). The Hall–Kier alpha value is -1.55. The van der Waals surface area contributed by atoms with E-state index in [1.165, 1.54) is 0 Å². The Morgan fingerprint density at radius 3 is 2.93 bits per heavy atom. The van der Waals surface area contributed by atoms with Gasteiger partial charge in [-0.05, 0) is 18.2 Å². The van der Waals surface area contributed by atoms with E-state index < -0.39 is 0 Å². The van der Waals surface area contributed by atoms with E-state index in [1.54, 1.807) is 24.5 Å². The number of hydrogen-bond acceptors (Lipinski definition) is 3. The van der Waals surface area contributed by atoms with E-state index in [1.807, 2.05) is 11.0 Å². The largest absolute Gasteiger partial charge is 0.465 e. The van der Waals surface area contributed by atoms with Crippen molar-refractivity contribution in [2.75, 3.05) is 26.2 Å². The predicted octanol–water partition coefficient (Wildman–Crippen LogP) is 0.725. The van der Waals surface area contributed by atoms with Crippen LogP contribution in [0.2, 0.25) is 0 Å². The van der Waals surface area contributed by atoms with Crippen LogP contribution in [0, 0.1) is 0 Å². The van der Waals surface area contributed by atoms with Gasteiger partial charge < -0.3 is 14.6 Å². The molecule has 15 heavy (non-hydrogen) atoms. The molecule has 4 heteroatoms. The SMILES string of the molecule is O=C(C=Cc1ccco1)N1CCNCC1. The number of nitrogens with one attached hydrogen (secondary N) is 1. The van der Waals surface area contributed by atoms with Gasteiger partial charge in [0, 0.05) is 32.3 Å². The van der Waals surface area contributed by atoms with Crippen LogP contribution >= 0.6 is 0 Å². The van der Waals surface area contributed by atoms with E-state index in [-0.39, 0.29) is 5.91 Å². The Morgan fingerprint density at radius 1 is 1.47 bits per heavy atom. The Balaban J connectivity index is 1.91. The second-order valence-electron chi connectivity index (χ2n) is 3.42. The fourth-order valence-corrected chi connectivity index (χ4v) is 1.53.